The average Bonchev–Trinajstić information content (AvgIpc) is 1.69. The van der Waals surface area contributed by atoms with E-state index in [-0.39, 0.29) is 0 Å². The lowest BCUT2D eigenvalue weighted by Gasteiger charge is -1.88. The maximum Gasteiger partial charge on any atom is 0.286 e. The molecule has 0 aliphatic heterocycles. The van der Waals surface area contributed by atoms with Crippen LogP contribution in [0, 0.1) is 11.5 Å². The van der Waals surface area contributed by atoms with Gasteiger partial charge in [0.2, 0.25) is 0 Å². The summed E-state index contributed by atoms with van der Waals surface area (Å²) in [5.41, 5.74) is 0. The van der Waals surface area contributed by atoms with Gasteiger partial charge in [0.1, 0.15) is 6.61 Å². The lowest BCUT2D eigenvalue weighted by molar-refractivity contribution is 0.264. The van der Waals surface area contributed by atoms with E-state index in [1.807, 2.05) is 0 Å². The third-order valence-electron chi connectivity index (χ3n) is 0.665. The Hall–Kier alpha value is -0.710. The second-order valence-corrected chi connectivity index (χ2v) is 1.29. The van der Waals surface area contributed by atoms with Crippen LogP contribution in [0.4, 0.5) is 0 Å². The second-order valence-electron chi connectivity index (χ2n) is 1.29. The highest BCUT2D eigenvalue weighted by atomic mass is 16.5. The van der Waals surface area contributed by atoms with E-state index in [1.165, 1.54) is 0 Å². The van der Waals surface area contributed by atoms with Gasteiger partial charge >= 0.3 is 0 Å². The summed E-state index contributed by atoms with van der Waals surface area (Å²) in [6.07, 6.45) is 3.67. The Labute approximate surface area is 43.7 Å². The Balaban J connectivity index is 2.60. The standard InChI is InChI=1S/C5H9NO/c1-2-3-4-7-5-6/h2-4H2,1H3. The molecule has 0 atom stereocenters. The molecule has 0 aromatic carbocycles. The molecule has 0 bridgehead atoms. The molecule has 0 aliphatic carbocycles. The molecule has 0 aliphatic rings. The van der Waals surface area contributed by atoms with E-state index in [1.54, 1.807) is 6.26 Å². The molecule has 0 N–H and O–H groups in total. The van der Waals surface area contributed by atoms with E-state index < -0.39 is 0 Å². The van der Waals surface area contributed by atoms with E-state index in [0.29, 0.717) is 6.61 Å². The van der Waals surface area contributed by atoms with Crippen LogP contribution >= 0.6 is 0 Å². The van der Waals surface area contributed by atoms with Gasteiger partial charge in [-0.1, -0.05) is 13.3 Å². The molecule has 0 heterocycles. The van der Waals surface area contributed by atoms with Crippen molar-refractivity contribution in [2.45, 2.75) is 19.8 Å². The Morgan fingerprint density at radius 1 is 1.71 bits per heavy atom. The smallest absolute Gasteiger partial charge is 0.286 e. The zero-order valence-electron chi connectivity index (χ0n) is 4.48. The number of unbranched alkanes of at least 4 members (excludes halogenated alkanes) is 1. The van der Waals surface area contributed by atoms with Crippen molar-refractivity contribution in [1.82, 2.24) is 0 Å². The largest absolute Gasteiger partial charge is 0.428 e. The molecule has 0 aromatic heterocycles. The van der Waals surface area contributed by atoms with Crippen molar-refractivity contribution in [1.29, 1.82) is 5.26 Å². The fourth-order valence-electron chi connectivity index (χ4n) is 0.262. The molecule has 0 spiro atoms. The van der Waals surface area contributed by atoms with Crippen molar-refractivity contribution in [2.24, 2.45) is 0 Å². The van der Waals surface area contributed by atoms with Crippen LogP contribution < -0.4 is 0 Å². The number of ether oxygens (including phenoxy) is 1. The summed E-state index contributed by atoms with van der Waals surface area (Å²) in [7, 11) is 0. The minimum atomic E-state index is 0.576. The van der Waals surface area contributed by atoms with Crippen LogP contribution in [0.15, 0.2) is 0 Å². The first-order valence-corrected chi connectivity index (χ1v) is 2.42. The van der Waals surface area contributed by atoms with Crippen LogP contribution in [0.3, 0.4) is 0 Å². The molecule has 2 heteroatoms. The van der Waals surface area contributed by atoms with Crippen molar-refractivity contribution < 1.29 is 4.74 Å². The second kappa shape index (κ2) is 5.29. The molecular weight excluding hydrogens is 90.1 g/mol. The highest BCUT2D eigenvalue weighted by Gasteiger charge is 1.78. The normalized spacial score (nSPS) is 7.43. The summed E-state index contributed by atoms with van der Waals surface area (Å²) in [4.78, 5) is 0. The Morgan fingerprint density at radius 2 is 2.43 bits per heavy atom. The third-order valence-corrected chi connectivity index (χ3v) is 0.665. The van der Waals surface area contributed by atoms with Gasteiger partial charge in [0.25, 0.3) is 6.26 Å². The fourth-order valence-corrected chi connectivity index (χ4v) is 0.262. The zero-order chi connectivity index (χ0) is 5.54. The van der Waals surface area contributed by atoms with E-state index in [0.717, 1.165) is 12.8 Å². The number of rotatable bonds is 3. The summed E-state index contributed by atoms with van der Waals surface area (Å²) in [5.74, 6) is 0. The predicted molar refractivity (Wildman–Crippen MR) is 26.5 cm³/mol. The lowest BCUT2D eigenvalue weighted by atomic mass is 10.4. The predicted octanol–water partition coefficient (Wildman–Crippen LogP) is 1.28. The number of hydrogen-bond acceptors (Lipinski definition) is 2. The minimum Gasteiger partial charge on any atom is -0.428 e. The quantitative estimate of drug-likeness (QED) is 0.394. The monoisotopic (exact) mass is 99.1 g/mol. The fraction of sp³-hybridized carbons (Fsp3) is 0.800. The highest BCUT2D eigenvalue weighted by molar-refractivity contribution is 4.46. The first-order chi connectivity index (χ1) is 3.41. The highest BCUT2D eigenvalue weighted by Crippen LogP contribution is 1.84. The SMILES string of the molecule is CCCCOC#N. The van der Waals surface area contributed by atoms with E-state index >= 15 is 0 Å². The van der Waals surface area contributed by atoms with Gasteiger partial charge in [-0.2, -0.15) is 5.26 Å². The van der Waals surface area contributed by atoms with Gasteiger partial charge in [-0.25, -0.2) is 0 Å². The summed E-state index contributed by atoms with van der Waals surface area (Å²) >= 11 is 0. The molecule has 0 saturated heterocycles. The summed E-state index contributed by atoms with van der Waals surface area (Å²) in [5, 5.41) is 7.82. The molecule has 7 heavy (non-hydrogen) atoms. The molecule has 0 aromatic rings. The Kier molecular flexibility index (Phi) is 4.75. The molecule has 0 radical (unpaired) electrons. The molecule has 2 nitrogen and oxygen atoms in total. The van der Waals surface area contributed by atoms with Gasteiger partial charge in [0.15, 0.2) is 0 Å². The number of nitriles is 1. The number of hydrogen-bond donors (Lipinski definition) is 0. The zero-order valence-corrected chi connectivity index (χ0v) is 4.48. The van der Waals surface area contributed by atoms with E-state index in [9.17, 15) is 0 Å². The van der Waals surface area contributed by atoms with Crippen LogP contribution in [0.1, 0.15) is 19.8 Å². The van der Waals surface area contributed by atoms with Crippen LogP contribution in [0.2, 0.25) is 0 Å². The molecule has 40 valence electrons. The van der Waals surface area contributed by atoms with Gasteiger partial charge in [0.05, 0.1) is 0 Å². The maximum atomic E-state index is 7.82. The first kappa shape index (κ1) is 6.29. The van der Waals surface area contributed by atoms with Gasteiger partial charge < -0.3 is 4.74 Å². The van der Waals surface area contributed by atoms with Gasteiger partial charge in [-0.15, -0.1) is 0 Å². The van der Waals surface area contributed by atoms with Crippen LogP contribution in [-0.2, 0) is 4.74 Å². The molecule has 0 amide bonds. The van der Waals surface area contributed by atoms with Crippen LogP contribution in [-0.4, -0.2) is 6.61 Å². The van der Waals surface area contributed by atoms with E-state index in [4.69, 9.17) is 5.26 Å². The summed E-state index contributed by atoms with van der Waals surface area (Å²) in [6.45, 7) is 2.63. The van der Waals surface area contributed by atoms with Gasteiger partial charge in [-0.3, -0.25) is 0 Å². The molecular formula is C5H9NO. The molecule has 0 unspecified atom stereocenters. The molecule has 0 rings (SSSR count). The minimum absolute atomic E-state index is 0.576. The molecule has 0 fully saturated rings. The maximum absolute atomic E-state index is 7.82. The first-order valence-electron chi connectivity index (χ1n) is 2.42. The third kappa shape index (κ3) is 5.29. The Morgan fingerprint density at radius 3 is 2.86 bits per heavy atom. The average molecular weight is 99.1 g/mol. The topological polar surface area (TPSA) is 33.0 Å². The summed E-state index contributed by atoms with van der Waals surface area (Å²) in [6, 6.07) is 0. The molecule has 0 saturated carbocycles. The van der Waals surface area contributed by atoms with Gasteiger partial charge in [0, 0.05) is 0 Å². The lowest BCUT2D eigenvalue weighted by Crippen LogP contribution is -1.83. The van der Waals surface area contributed by atoms with Crippen molar-refractivity contribution >= 4 is 0 Å². The van der Waals surface area contributed by atoms with Crippen LogP contribution in [0.25, 0.3) is 0 Å². The van der Waals surface area contributed by atoms with Crippen molar-refractivity contribution in [2.75, 3.05) is 6.61 Å². The van der Waals surface area contributed by atoms with Gasteiger partial charge in [-0.05, 0) is 6.42 Å². The van der Waals surface area contributed by atoms with Crippen molar-refractivity contribution in [3.05, 3.63) is 0 Å². The Bertz CT molecular complexity index is 65.0. The van der Waals surface area contributed by atoms with E-state index in [2.05, 4.69) is 11.7 Å². The van der Waals surface area contributed by atoms with Crippen LogP contribution in [0.5, 0.6) is 0 Å². The van der Waals surface area contributed by atoms with Crippen molar-refractivity contribution in [3.8, 4) is 6.26 Å². The summed E-state index contributed by atoms with van der Waals surface area (Å²) < 4.78 is 4.38. The number of nitrogens with zero attached hydrogens (tertiary/aromatic N) is 1. The van der Waals surface area contributed by atoms with Crippen molar-refractivity contribution in [3.63, 3.8) is 0 Å².